The molecule has 2 unspecified atom stereocenters. The predicted octanol–water partition coefficient (Wildman–Crippen LogP) is 1.35. The Morgan fingerprint density at radius 2 is 1.95 bits per heavy atom. The number of aliphatic imine (C=N–C) groups is 1. The van der Waals surface area contributed by atoms with E-state index in [0.717, 1.165) is 6.42 Å². The van der Waals surface area contributed by atoms with Gasteiger partial charge in [0.15, 0.2) is 5.72 Å². The summed E-state index contributed by atoms with van der Waals surface area (Å²) >= 11 is 0. The molecule has 2 radical (unpaired) electrons. The molecule has 0 aromatic rings. The van der Waals surface area contributed by atoms with Crippen LogP contribution >= 0.6 is 0 Å². The molecule has 2 rings (SSSR count). The Hall–Kier alpha value is -0.715. The molecule has 2 N–H and O–H groups in total. The standard InChI is InChI=1S/C8H9BFNO.C6H14O2/c9-7-3-6-4-8(6,11-5-7)12-2-1-10;1-5(2,7)6(3,4)8/h3,5-6H,1-2,4H2;7-8H,1-4H3. The lowest BCUT2D eigenvalue weighted by Crippen LogP contribution is -2.44. The second kappa shape index (κ2) is 5.96. The molecule has 0 amide bonds. The van der Waals surface area contributed by atoms with Crippen molar-refractivity contribution in [2.75, 3.05) is 13.3 Å². The minimum Gasteiger partial charge on any atom is -0.387 e. The molecule has 2 atom stereocenters. The number of ether oxygens (including phenoxy) is 1. The van der Waals surface area contributed by atoms with Gasteiger partial charge in [-0.05, 0) is 27.7 Å². The number of hydrogen-bond donors (Lipinski definition) is 2. The first kappa shape index (κ1) is 17.3. The topological polar surface area (TPSA) is 62.0 Å². The molecule has 0 bridgehead atoms. The molecule has 1 saturated carbocycles. The first-order valence-electron chi connectivity index (χ1n) is 6.69. The molecule has 20 heavy (non-hydrogen) atoms. The van der Waals surface area contributed by atoms with E-state index in [1.807, 2.05) is 6.08 Å². The van der Waals surface area contributed by atoms with E-state index in [9.17, 15) is 4.39 Å². The van der Waals surface area contributed by atoms with Gasteiger partial charge in [-0.15, -0.1) is 0 Å². The van der Waals surface area contributed by atoms with E-state index in [2.05, 4.69) is 4.99 Å². The maximum atomic E-state index is 11.8. The van der Waals surface area contributed by atoms with Crippen LogP contribution in [0.2, 0.25) is 0 Å². The van der Waals surface area contributed by atoms with Gasteiger partial charge in [-0.3, -0.25) is 4.99 Å². The fraction of sp³-hybridized carbons (Fsp3) is 0.786. The van der Waals surface area contributed by atoms with E-state index in [0.29, 0.717) is 5.47 Å². The Morgan fingerprint density at radius 1 is 1.40 bits per heavy atom. The van der Waals surface area contributed by atoms with Gasteiger partial charge >= 0.3 is 0 Å². The van der Waals surface area contributed by atoms with Crippen LogP contribution in [0.4, 0.5) is 4.39 Å². The average Bonchev–Trinajstić information content (AvgIpc) is 2.98. The Morgan fingerprint density at radius 3 is 2.35 bits per heavy atom. The molecule has 0 aromatic heterocycles. The molecule has 1 fully saturated rings. The molecule has 1 aliphatic carbocycles. The number of rotatable bonds is 4. The molecule has 1 heterocycles. The number of dihydropyridines is 1. The van der Waals surface area contributed by atoms with Crippen molar-refractivity contribution in [1.82, 2.24) is 0 Å². The van der Waals surface area contributed by atoms with E-state index in [-0.39, 0.29) is 12.5 Å². The third kappa shape index (κ3) is 4.40. The maximum Gasteiger partial charge on any atom is 0.166 e. The fourth-order valence-corrected chi connectivity index (χ4v) is 1.47. The van der Waals surface area contributed by atoms with Crippen molar-refractivity contribution in [3.05, 3.63) is 11.5 Å². The van der Waals surface area contributed by atoms with Gasteiger partial charge in [-0.1, -0.05) is 11.5 Å². The van der Waals surface area contributed by atoms with Gasteiger partial charge in [0.25, 0.3) is 0 Å². The number of allylic oxidation sites excluding steroid dienone is 1. The molecule has 4 nitrogen and oxygen atoms in total. The van der Waals surface area contributed by atoms with Crippen LogP contribution in [0.25, 0.3) is 0 Å². The van der Waals surface area contributed by atoms with Crippen LogP contribution in [0.1, 0.15) is 34.1 Å². The summed E-state index contributed by atoms with van der Waals surface area (Å²) in [4.78, 5) is 4.15. The number of nitrogens with zero attached hydrogens (tertiary/aromatic N) is 1. The quantitative estimate of drug-likeness (QED) is 0.766. The van der Waals surface area contributed by atoms with Crippen molar-refractivity contribution in [3.63, 3.8) is 0 Å². The average molecular weight is 283 g/mol. The second-order valence-corrected chi connectivity index (χ2v) is 6.24. The lowest BCUT2D eigenvalue weighted by molar-refractivity contribution is -0.107. The van der Waals surface area contributed by atoms with Crippen LogP contribution in [0, 0.1) is 5.92 Å². The zero-order chi connectivity index (χ0) is 15.6. The predicted molar refractivity (Wildman–Crippen MR) is 77.7 cm³/mol. The lowest BCUT2D eigenvalue weighted by Gasteiger charge is -2.31. The maximum absolute atomic E-state index is 11.8. The van der Waals surface area contributed by atoms with Crippen LogP contribution < -0.4 is 0 Å². The van der Waals surface area contributed by atoms with Gasteiger partial charge in [0.05, 0.1) is 17.8 Å². The third-order valence-corrected chi connectivity index (χ3v) is 3.68. The molecule has 0 spiro atoms. The van der Waals surface area contributed by atoms with Crippen molar-refractivity contribution in [3.8, 4) is 0 Å². The van der Waals surface area contributed by atoms with Gasteiger partial charge in [0, 0.05) is 18.6 Å². The summed E-state index contributed by atoms with van der Waals surface area (Å²) < 4.78 is 17.1. The lowest BCUT2D eigenvalue weighted by atomic mass is 9.90. The van der Waals surface area contributed by atoms with Crippen molar-refractivity contribution >= 4 is 14.1 Å². The van der Waals surface area contributed by atoms with E-state index in [1.165, 1.54) is 0 Å². The van der Waals surface area contributed by atoms with Crippen molar-refractivity contribution in [1.29, 1.82) is 0 Å². The summed E-state index contributed by atoms with van der Waals surface area (Å²) in [5.74, 6) is 0.272. The Balaban J connectivity index is 0.000000221. The van der Waals surface area contributed by atoms with Gasteiger partial charge in [-0.25, -0.2) is 4.39 Å². The highest BCUT2D eigenvalue weighted by Crippen LogP contribution is 2.50. The Kier molecular flexibility index (Phi) is 5.16. The largest absolute Gasteiger partial charge is 0.387 e. The Bertz CT molecular complexity index is 386. The molecular weight excluding hydrogens is 260 g/mol. The number of aliphatic hydroxyl groups is 2. The summed E-state index contributed by atoms with van der Waals surface area (Å²) in [6.45, 7) is 5.98. The fourth-order valence-electron chi connectivity index (χ4n) is 1.47. The smallest absolute Gasteiger partial charge is 0.166 e. The number of hydrogen-bond acceptors (Lipinski definition) is 4. The zero-order valence-corrected chi connectivity index (χ0v) is 12.6. The van der Waals surface area contributed by atoms with Crippen LogP contribution in [-0.2, 0) is 4.74 Å². The summed E-state index contributed by atoms with van der Waals surface area (Å²) in [5, 5.41) is 18.2. The minimum atomic E-state index is -1.01. The van der Waals surface area contributed by atoms with E-state index >= 15 is 0 Å². The summed E-state index contributed by atoms with van der Waals surface area (Å²) in [6, 6.07) is 0. The monoisotopic (exact) mass is 283 g/mol. The highest BCUT2D eigenvalue weighted by Gasteiger charge is 2.55. The van der Waals surface area contributed by atoms with Gasteiger partial charge in [0.2, 0.25) is 0 Å². The third-order valence-electron chi connectivity index (χ3n) is 3.68. The van der Waals surface area contributed by atoms with Crippen LogP contribution in [0.15, 0.2) is 16.5 Å². The molecule has 6 heteroatoms. The second-order valence-electron chi connectivity index (χ2n) is 6.24. The molecular formula is C14H23BFNO3. The van der Waals surface area contributed by atoms with E-state index < -0.39 is 23.6 Å². The van der Waals surface area contributed by atoms with Crippen LogP contribution in [0.3, 0.4) is 0 Å². The summed E-state index contributed by atoms with van der Waals surface area (Å²) in [7, 11) is 5.52. The van der Waals surface area contributed by atoms with Crippen LogP contribution in [0.5, 0.6) is 0 Å². The SMILES string of the molecule is CC(C)(O)C(C)(C)O.[B]C1=CC2CC2(OCCF)N=C1. The highest BCUT2D eigenvalue weighted by molar-refractivity contribution is 6.33. The van der Waals surface area contributed by atoms with Gasteiger partial charge in [0.1, 0.15) is 14.5 Å². The molecule has 0 saturated heterocycles. The molecule has 0 aromatic carbocycles. The molecule has 1 aliphatic heterocycles. The number of alkyl halides is 1. The van der Waals surface area contributed by atoms with E-state index in [4.69, 9.17) is 22.8 Å². The first-order valence-corrected chi connectivity index (χ1v) is 6.69. The number of fused-ring (bicyclic) bond motifs is 1. The summed E-state index contributed by atoms with van der Waals surface area (Å²) in [5.41, 5.74) is -1.79. The molecule has 2 aliphatic rings. The number of halogens is 1. The summed E-state index contributed by atoms with van der Waals surface area (Å²) in [6.07, 6.45) is 4.34. The zero-order valence-electron chi connectivity index (χ0n) is 12.6. The first-order chi connectivity index (χ1) is 9.02. The highest BCUT2D eigenvalue weighted by atomic mass is 19.1. The molecule has 112 valence electrons. The van der Waals surface area contributed by atoms with E-state index in [1.54, 1.807) is 33.9 Å². The van der Waals surface area contributed by atoms with Crippen molar-refractivity contribution < 1.29 is 19.3 Å². The van der Waals surface area contributed by atoms with Gasteiger partial charge < -0.3 is 14.9 Å². The van der Waals surface area contributed by atoms with Crippen molar-refractivity contribution in [2.24, 2.45) is 10.9 Å². The Labute approximate surface area is 121 Å². The van der Waals surface area contributed by atoms with Gasteiger partial charge in [-0.2, -0.15) is 0 Å². The normalized spacial score (nSPS) is 28.1. The van der Waals surface area contributed by atoms with Crippen LogP contribution in [-0.4, -0.2) is 54.5 Å². The van der Waals surface area contributed by atoms with Crippen molar-refractivity contribution in [2.45, 2.75) is 51.0 Å². The minimum absolute atomic E-state index is 0.127.